The standard InChI is InChI=1S/C30H22O4/c1-19-4-12-27(13-5-19)33-29(31)25-10-8-24-18-28(14-11-23(24)17-25)34-30(32)26-9-7-21-15-20(2)3-6-22(21)16-26/h3-18H,1-2H3. The van der Waals surface area contributed by atoms with Gasteiger partial charge in [0.2, 0.25) is 0 Å². The molecule has 0 heterocycles. The monoisotopic (exact) mass is 446 g/mol. The molecule has 0 N–H and O–H groups in total. The summed E-state index contributed by atoms with van der Waals surface area (Å²) >= 11 is 0. The van der Waals surface area contributed by atoms with Gasteiger partial charge in [0.15, 0.2) is 0 Å². The fourth-order valence-corrected chi connectivity index (χ4v) is 3.84. The van der Waals surface area contributed by atoms with Crippen molar-refractivity contribution >= 4 is 33.5 Å². The average molecular weight is 447 g/mol. The van der Waals surface area contributed by atoms with E-state index in [-0.39, 0.29) is 0 Å². The topological polar surface area (TPSA) is 52.6 Å². The molecule has 0 aliphatic heterocycles. The van der Waals surface area contributed by atoms with Crippen LogP contribution in [0.15, 0.2) is 97.1 Å². The minimum atomic E-state index is -0.423. The molecule has 0 aliphatic rings. The number of ether oxygens (including phenoxy) is 2. The maximum atomic E-state index is 12.7. The molecular formula is C30H22O4. The van der Waals surface area contributed by atoms with Gasteiger partial charge in [-0.15, -0.1) is 0 Å². The Morgan fingerprint density at radius 3 is 1.56 bits per heavy atom. The molecule has 0 atom stereocenters. The van der Waals surface area contributed by atoms with Crippen LogP contribution in [0.4, 0.5) is 0 Å². The highest BCUT2D eigenvalue weighted by Gasteiger charge is 2.12. The van der Waals surface area contributed by atoms with E-state index in [9.17, 15) is 9.59 Å². The van der Waals surface area contributed by atoms with Crippen LogP contribution in [0.3, 0.4) is 0 Å². The van der Waals surface area contributed by atoms with Gasteiger partial charge in [-0.05, 0) is 83.9 Å². The van der Waals surface area contributed by atoms with Gasteiger partial charge in [-0.1, -0.05) is 59.7 Å². The van der Waals surface area contributed by atoms with Crippen LogP contribution in [0.1, 0.15) is 31.8 Å². The summed E-state index contributed by atoms with van der Waals surface area (Å²) in [6.07, 6.45) is 0. The molecule has 0 spiro atoms. The Labute approximate surface area is 197 Å². The third kappa shape index (κ3) is 4.52. The molecule has 0 fully saturated rings. The van der Waals surface area contributed by atoms with Gasteiger partial charge in [0, 0.05) is 0 Å². The summed E-state index contributed by atoms with van der Waals surface area (Å²) in [4.78, 5) is 25.2. The number of benzene rings is 5. The number of rotatable bonds is 4. The highest BCUT2D eigenvalue weighted by atomic mass is 16.5. The van der Waals surface area contributed by atoms with Crippen molar-refractivity contribution in [3.05, 3.63) is 119 Å². The van der Waals surface area contributed by atoms with E-state index < -0.39 is 11.9 Å². The summed E-state index contributed by atoms with van der Waals surface area (Å²) in [6, 6.07) is 29.6. The summed E-state index contributed by atoms with van der Waals surface area (Å²) in [5.74, 6) is 0.103. The minimum absolute atomic E-state index is 0.417. The second-order valence-corrected chi connectivity index (χ2v) is 8.38. The van der Waals surface area contributed by atoms with Crippen molar-refractivity contribution < 1.29 is 19.1 Å². The van der Waals surface area contributed by atoms with Crippen molar-refractivity contribution in [3.8, 4) is 11.5 Å². The molecule has 4 nitrogen and oxygen atoms in total. The van der Waals surface area contributed by atoms with E-state index in [1.54, 1.807) is 42.5 Å². The number of esters is 2. The van der Waals surface area contributed by atoms with Crippen molar-refractivity contribution in [2.24, 2.45) is 0 Å². The lowest BCUT2D eigenvalue weighted by molar-refractivity contribution is 0.0726. The second kappa shape index (κ2) is 8.83. The molecule has 34 heavy (non-hydrogen) atoms. The van der Waals surface area contributed by atoms with Crippen LogP contribution in [0.5, 0.6) is 11.5 Å². The molecule has 5 aromatic rings. The van der Waals surface area contributed by atoms with Crippen LogP contribution < -0.4 is 9.47 Å². The quantitative estimate of drug-likeness (QED) is 0.219. The Kier molecular flexibility index (Phi) is 5.56. The van der Waals surface area contributed by atoms with Gasteiger partial charge in [0.25, 0.3) is 0 Å². The first kappa shape index (κ1) is 21.4. The fourth-order valence-electron chi connectivity index (χ4n) is 3.84. The first-order valence-electron chi connectivity index (χ1n) is 11.0. The van der Waals surface area contributed by atoms with Crippen molar-refractivity contribution in [1.82, 2.24) is 0 Å². The highest BCUT2D eigenvalue weighted by Crippen LogP contribution is 2.25. The molecule has 5 rings (SSSR count). The maximum Gasteiger partial charge on any atom is 0.343 e. The Bertz CT molecular complexity index is 1550. The van der Waals surface area contributed by atoms with Crippen LogP contribution in [0.25, 0.3) is 21.5 Å². The minimum Gasteiger partial charge on any atom is -0.423 e. The number of carbonyl (C=O) groups is 2. The first-order valence-corrected chi connectivity index (χ1v) is 11.0. The molecule has 0 saturated carbocycles. The SMILES string of the molecule is Cc1ccc(OC(=O)c2ccc3cc(OC(=O)c4ccc5cc(C)ccc5c4)ccc3c2)cc1. The van der Waals surface area contributed by atoms with Gasteiger partial charge in [0.1, 0.15) is 11.5 Å². The first-order chi connectivity index (χ1) is 16.4. The Hall–Kier alpha value is -4.44. The van der Waals surface area contributed by atoms with Gasteiger partial charge in [-0.25, -0.2) is 9.59 Å². The zero-order valence-corrected chi connectivity index (χ0v) is 18.9. The van der Waals surface area contributed by atoms with Crippen molar-refractivity contribution in [2.45, 2.75) is 13.8 Å². The van der Waals surface area contributed by atoms with E-state index in [4.69, 9.17) is 9.47 Å². The van der Waals surface area contributed by atoms with Crippen LogP contribution in [-0.4, -0.2) is 11.9 Å². The van der Waals surface area contributed by atoms with Crippen molar-refractivity contribution in [2.75, 3.05) is 0 Å². The number of aryl methyl sites for hydroxylation is 2. The molecule has 0 unspecified atom stereocenters. The lowest BCUT2D eigenvalue weighted by atomic mass is 10.0. The van der Waals surface area contributed by atoms with Gasteiger partial charge in [0.05, 0.1) is 11.1 Å². The smallest absolute Gasteiger partial charge is 0.343 e. The van der Waals surface area contributed by atoms with Crippen LogP contribution >= 0.6 is 0 Å². The lowest BCUT2D eigenvalue weighted by Gasteiger charge is -2.08. The molecule has 0 saturated heterocycles. The third-order valence-electron chi connectivity index (χ3n) is 5.72. The summed E-state index contributed by atoms with van der Waals surface area (Å²) in [5, 5.41) is 3.77. The Morgan fingerprint density at radius 1 is 0.471 bits per heavy atom. The maximum absolute atomic E-state index is 12.7. The van der Waals surface area contributed by atoms with Crippen molar-refractivity contribution in [3.63, 3.8) is 0 Å². The highest BCUT2D eigenvalue weighted by molar-refractivity contribution is 5.98. The average Bonchev–Trinajstić information content (AvgIpc) is 2.84. The van der Waals surface area contributed by atoms with Gasteiger partial charge < -0.3 is 9.47 Å². The molecule has 5 aromatic carbocycles. The molecule has 0 amide bonds. The Balaban J connectivity index is 1.33. The number of fused-ring (bicyclic) bond motifs is 2. The lowest BCUT2D eigenvalue weighted by Crippen LogP contribution is -2.09. The van der Waals surface area contributed by atoms with Gasteiger partial charge >= 0.3 is 11.9 Å². The predicted molar refractivity (Wildman–Crippen MR) is 134 cm³/mol. The van der Waals surface area contributed by atoms with Crippen molar-refractivity contribution in [1.29, 1.82) is 0 Å². The van der Waals surface area contributed by atoms with Gasteiger partial charge in [-0.2, -0.15) is 0 Å². The fraction of sp³-hybridized carbons (Fsp3) is 0.0667. The third-order valence-corrected chi connectivity index (χ3v) is 5.72. The second-order valence-electron chi connectivity index (χ2n) is 8.38. The summed E-state index contributed by atoms with van der Waals surface area (Å²) < 4.78 is 11.1. The molecule has 0 aromatic heterocycles. The Morgan fingerprint density at radius 2 is 0.912 bits per heavy atom. The largest absolute Gasteiger partial charge is 0.423 e. The van der Waals surface area contributed by atoms with E-state index in [0.29, 0.717) is 22.6 Å². The van der Waals surface area contributed by atoms with E-state index in [1.165, 1.54) is 5.56 Å². The molecule has 4 heteroatoms. The number of hydrogen-bond acceptors (Lipinski definition) is 4. The normalized spacial score (nSPS) is 10.9. The number of hydrogen-bond donors (Lipinski definition) is 0. The summed E-state index contributed by atoms with van der Waals surface area (Å²) in [6.45, 7) is 4.01. The van der Waals surface area contributed by atoms with Crippen LogP contribution in [-0.2, 0) is 0 Å². The summed E-state index contributed by atoms with van der Waals surface area (Å²) in [5.41, 5.74) is 3.21. The van der Waals surface area contributed by atoms with Crippen LogP contribution in [0, 0.1) is 13.8 Å². The summed E-state index contributed by atoms with van der Waals surface area (Å²) in [7, 11) is 0. The molecule has 0 radical (unpaired) electrons. The van der Waals surface area contributed by atoms with E-state index in [1.807, 2.05) is 62.4 Å². The predicted octanol–water partition coefficient (Wildman–Crippen LogP) is 7.05. The molecular weight excluding hydrogens is 424 g/mol. The van der Waals surface area contributed by atoms with Crippen LogP contribution in [0.2, 0.25) is 0 Å². The van der Waals surface area contributed by atoms with E-state index in [0.717, 1.165) is 27.1 Å². The van der Waals surface area contributed by atoms with Gasteiger partial charge in [-0.3, -0.25) is 0 Å². The number of carbonyl (C=O) groups excluding carboxylic acids is 2. The molecule has 166 valence electrons. The zero-order chi connectivity index (χ0) is 23.7. The molecule has 0 bridgehead atoms. The van der Waals surface area contributed by atoms with E-state index in [2.05, 4.69) is 6.07 Å². The zero-order valence-electron chi connectivity index (χ0n) is 18.9. The van der Waals surface area contributed by atoms with E-state index >= 15 is 0 Å². The molecule has 0 aliphatic carbocycles.